The van der Waals surface area contributed by atoms with Crippen molar-refractivity contribution in [3.8, 4) is 33.4 Å². The lowest BCUT2D eigenvalue weighted by atomic mass is 9.55. The van der Waals surface area contributed by atoms with E-state index in [0.717, 1.165) is 0 Å². The average molecular weight is 871 g/mol. The van der Waals surface area contributed by atoms with E-state index in [1.165, 1.54) is 0 Å². The molecule has 0 N–H and O–H groups in total. The van der Waals surface area contributed by atoms with Crippen molar-refractivity contribution in [2.75, 3.05) is 0 Å². The zero-order chi connectivity index (χ0) is 55.3. The Kier molecular flexibility index (Phi) is 13.0. The van der Waals surface area contributed by atoms with Gasteiger partial charge in [-0.1, -0.05) is 81.9 Å². The van der Waals surface area contributed by atoms with Gasteiger partial charge < -0.3 is 4.42 Å². The van der Waals surface area contributed by atoms with E-state index in [2.05, 4.69) is 0 Å². The second-order valence-electron chi connectivity index (χ2n) is 18.3. The molecule has 0 aliphatic rings. The Morgan fingerprint density at radius 3 is 0.733 bits per heavy atom. The van der Waals surface area contributed by atoms with E-state index in [0.29, 0.717) is 0 Å². The summed E-state index contributed by atoms with van der Waals surface area (Å²) in [5.74, 6) is 0. The summed E-state index contributed by atoms with van der Waals surface area (Å²) in [4.78, 5) is 0. The molecule has 0 saturated heterocycles. The van der Waals surface area contributed by atoms with Gasteiger partial charge in [0, 0.05) is 10.8 Å². The van der Waals surface area contributed by atoms with Gasteiger partial charge >= 0.3 is 0 Å². The van der Waals surface area contributed by atoms with Crippen LogP contribution in [0.5, 0.6) is 0 Å². The first-order valence-corrected chi connectivity index (χ1v) is 22.0. The maximum absolute atomic E-state index is 7.49. The summed E-state index contributed by atoms with van der Waals surface area (Å²) < 4.78 is 6.53. The summed E-state index contributed by atoms with van der Waals surface area (Å²) in [5.41, 5.74) is -5.48. The third-order valence-electron chi connectivity index (χ3n) is 14.7. The molecule has 274 valence electrons. The van der Waals surface area contributed by atoms with Crippen LogP contribution in [0.2, 0.25) is 0 Å². The number of fused-ring (bicyclic) bond motifs is 7. The maximum Gasteiger partial charge on any atom is 0.128 e. The van der Waals surface area contributed by atoms with Crippen molar-refractivity contribution in [2.24, 2.45) is 0 Å². The van der Waals surface area contributed by atoms with Gasteiger partial charge in [0.15, 0.2) is 0 Å². The van der Waals surface area contributed by atoms with Gasteiger partial charge in [0.25, 0.3) is 0 Å². The van der Waals surface area contributed by atoms with Crippen LogP contribution in [0.4, 0.5) is 0 Å². The van der Waals surface area contributed by atoms with E-state index in [-0.39, 0.29) is 251 Å². The van der Waals surface area contributed by atoms with Crippen molar-refractivity contribution in [1.82, 2.24) is 0 Å². The van der Waals surface area contributed by atoms with Crippen molar-refractivity contribution >= 4 is 438 Å². The summed E-state index contributed by atoms with van der Waals surface area (Å²) in [6.07, 6.45) is 0. The van der Waals surface area contributed by atoms with Crippen LogP contribution in [0.15, 0.2) is 4.42 Å². The quantitative estimate of drug-likeness (QED) is 0.127. The highest BCUT2D eigenvalue weighted by molar-refractivity contribution is 6.78. The monoisotopic (exact) mass is 876 g/mol. The smallest absolute Gasteiger partial charge is 0.128 e. The highest BCUT2D eigenvalue weighted by Crippen LogP contribution is 2.44. The largest absolute Gasteiger partial charge is 0.457 e. The molecule has 0 amide bonds. The van der Waals surface area contributed by atoms with Crippen LogP contribution in [-0.2, 0) is 0 Å². The fraction of sp³-hybridized carbons (Fsp3) is 0. The van der Waals surface area contributed by atoms with Crippen LogP contribution in [0.25, 0.3) is 98.4 Å². The lowest BCUT2D eigenvalue weighted by molar-refractivity contribution is 0.675. The molecule has 0 aliphatic carbocycles. The molecule has 0 unspecified atom stereocenters. The molecule has 0 saturated carbocycles. The number of rotatable bonds is 3. The molecule has 0 bridgehead atoms. The zero-order valence-electron chi connectivity index (χ0n) is 39.6. The predicted molar refractivity (Wildman–Crippen MR) is 351 cm³/mol. The zero-order valence-corrected chi connectivity index (χ0v) is 39.6. The second-order valence-corrected chi connectivity index (χ2v) is 18.3. The number of hydrogen-bond donors (Lipinski definition) is 0. The van der Waals surface area contributed by atoms with Crippen molar-refractivity contribution in [3.63, 3.8) is 0 Å². The van der Waals surface area contributed by atoms with Gasteiger partial charge in [-0.05, 0) is 81.9 Å². The van der Waals surface area contributed by atoms with E-state index in [9.17, 15) is 0 Å². The summed E-state index contributed by atoms with van der Waals surface area (Å²) in [5, 5.41) is 0.0765. The summed E-state index contributed by atoms with van der Waals surface area (Å²) in [7, 11) is 191. The van der Waals surface area contributed by atoms with Crippen LogP contribution in [0.1, 0.15) is 0 Å². The molecule has 75 heavy (non-hydrogen) atoms. The van der Waals surface area contributed by atoms with Gasteiger partial charge in [-0.15, -0.1) is 65.6 Å². The van der Waals surface area contributed by atoms with Gasteiger partial charge in [-0.25, -0.2) is 0 Å². The Balaban J connectivity index is 1.58. The van der Waals surface area contributed by atoms with Gasteiger partial charge in [0.2, 0.25) is 0 Å². The lowest BCUT2D eigenvalue weighted by Crippen LogP contribution is -2.56. The van der Waals surface area contributed by atoms with Crippen molar-refractivity contribution in [3.05, 3.63) is 0 Å². The minimum atomic E-state index is -0.263. The number of hydrogen-bond acceptors (Lipinski definition) is 1. The normalized spacial score (nSPS) is 11.9. The standard InChI is InChI=1S/C46B28O/c47-17-8(13-27(57)40(70)43(73)41(71)28(13)58)9-12(26(56)37(67)36(66)25(9)55)18(48)11(17)2-5-3(20(50)32(62)34(64)22(5)52)1(4-6(2)23(53)35(65)33(63)21(4)51)7-10-16-19(49)14-15(30(60)39(69)38(68)29(14)59)31(61)46(16)75-45(10)44(74)42(72)24(7)54. The molecule has 29 heteroatoms. The average Bonchev–Trinajstić information content (AvgIpc) is 3.79. The van der Waals surface area contributed by atoms with Crippen LogP contribution < -0.4 is 153 Å². The molecule has 56 radical (unpaired) electrons. The maximum atomic E-state index is 7.49. The first-order chi connectivity index (χ1) is 35.0. The van der Waals surface area contributed by atoms with E-state index >= 15 is 0 Å². The Morgan fingerprint density at radius 1 is 0.120 bits per heavy atom. The van der Waals surface area contributed by atoms with Gasteiger partial charge in [-0.2, -0.15) is 0 Å². The molecule has 0 spiro atoms. The van der Waals surface area contributed by atoms with Crippen LogP contribution >= 0.6 is 0 Å². The Labute approximate surface area is 472 Å². The van der Waals surface area contributed by atoms with Crippen molar-refractivity contribution in [2.45, 2.75) is 0 Å². The lowest BCUT2D eigenvalue weighted by Gasteiger charge is -2.33. The van der Waals surface area contributed by atoms with Crippen molar-refractivity contribution in [1.29, 1.82) is 0 Å². The summed E-state index contributed by atoms with van der Waals surface area (Å²) in [6.45, 7) is 0. The Morgan fingerprint density at radius 2 is 0.347 bits per heavy atom. The van der Waals surface area contributed by atoms with Gasteiger partial charge in [0.05, 0.1) is 0 Å². The SMILES string of the molecule is [B]c1c([B])c([B])c(-c2c([B])c(-c3c4c([B])c([B])c([B])c([B])c4c(-c4c([B])c([B])c([B])c5oc6c([B])c7c([B])c([B])c([B])c([B])c7c([B])c6c45)c4c([B])c([B])c([B])c([B])c34)c([B])c3c([B])c([B])c([B])c([B])c23)c([B])c1[B]. The van der Waals surface area contributed by atoms with E-state index in [1.807, 2.05) is 0 Å². The second kappa shape index (κ2) is 18.1. The molecule has 1 aromatic heterocycles. The fourth-order valence-electron chi connectivity index (χ4n) is 10.7. The molecular weight excluding hydrogens is 871 g/mol. The molecule has 9 aromatic carbocycles. The van der Waals surface area contributed by atoms with E-state index < -0.39 is 0 Å². The first kappa shape index (κ1) is 54.0. The van der Waals surface area contributed by atoms with Crippen LogP contribution in [0, 0.1) is 0 Å². The fourth-order valence-corrected chi connectivity index (χ4v) is 10.7. The molecule has 1 heterocycles. The van der Waals surface area contributed by atoms with E-state index in [4.69, 9.17) is 224 Å². The minimum absolute atomic E-state index is 0.00761. The Bertz CT molecular complexity index is 4330. The van der Waals surface area contributed by atoms with Crippen LogP contribution in [-0.4, -0.2) is 220 Å². The number of furan rings is 1. The molecule has 1 nitrogen and oxygen atoms in total. The van der Waals surface area contributed by atoms with Gasteiger partial charge in [-0.3, -0.25) is 0 Å². The van der Waals surface area contributed by atoms with Crippen molar-refractivity contribution < 1.29 is 4.42 Å². The highest BCUT2D eigenvalue weighted by Gasteiger charge is 2.32. The molecule has 0 aliphatic heterocycles. The molecular formula is C46B28O. The summed E-state index contributed by atoms with van der Waals surface area (Å²) >= 11 is 0. The van der Waals surface area contributed by atoms with Crippen LogP contribution in [0.3, 0.4) is 0 Å². The highest BCUT2D eigenvalue weighted by atomic mass is 16.3. The topological polar surface area (TPSA) is 13.1 Å². The third-order valence-corrected chi connectivity index (χ3v) is 14.7. The number of benzene rings is 9. The minimum Gasteiger partial charge on any atom is -0.457 e. The molecule has 0 fully saturated rings. The predicted octanol–water partition coefficient (Wildman–Crippen LogP) is -20.6. The Hall–Kier alpha value is -4.36. The first-order valence-electron chi connectivity index (χ1n) is 22.0. The molecule has 0 atom stereocenters. The molecule has 10 aromatic rings. The van der Waals surface area contributed by atoms with Gasteiger partial charge in [0.1, 0.15) is 231 Å². The van der Waals surface area contributed by atoms with E-state index in [1.54, 1.807) is 0 Å². The summed E-state index contributed by atoms with van der Waals surface area (Å²) in [6, 6.07) is 0. The molecule has 10 rings (SSSR count). The third kappa shape index (κ3) is 6.85.